The Morgan fingerprint density at radius 1 is 1.10 bits per heavy atom. The number of carbonyl (C=O) groups is 2. The van der Waals surface area contributed by atoms with Crippen molar-refractivity contribution in [3.8, 4) is 0 Å². The highest BCUT2D eigenvalue weighted by Crippen LogP contribution is 2.33. The van der Waals surface area contributed by atoms with Crippen molar-refractivity contribution in [3.63, 3.8) is 0 Å². The Balaban J connectivity index is 3.44. The van der Waals surface area contributed by atoms with Gasteiger partial charge in [0.05, 0.1) is 16.8 Å². The average molecular weight is 294 g/mol. The van der Waals surface area contributed by atoms with Crippen LogP contribution in [0.15, 0.2) is 24.3 Å². The Labute approximate surface area is 120 Å². The minimum atomic E-state index is -1.27. The molecule has 0 spiro atoms. The molecule has 0 bridgehead atoms. The van der Waals surface area contributed by atoms with Crippen LogP contribution in [0.3, 0.4) is 0 Å². The molecule has 0 aliphatic heterocycles. The summed E-state index contributed by atoms with van der Waals surface area (Å²) in [5.41, 5.74) is -0.313. The smallest absolute Gasteiger partial charge is 0.273 e. The van der Waals surface area contributed by atoms with E-state index in [9.17, 15) is 29.8 Å². The van der Waals surface area contributed by atoms with Crippen LogP contribution >= 0.6 is 0 Å². The maximum atomic E-state index is 11.6. The number of nitro benzene ring substituents is 1. The molecule has 112 valence electrons. The molecule has 1 rings (SSSR count). The van der Waals surface area contributed by atoms with E-state index in [4.69, 9.17) is 0 Å². The molecule has 8 nitrogen and oxygen atoms in total. The predicted molar refractivity (Wildman–Crippen MR) is 72.6 cm³/mol. The van der Waals surface area contributed by atoms with Gasteiger partial charge in [0.25, 0.3) is 5.69 Å². The van der Waals surface area contributed by atoms with Crippen molar-refractivity contribution >= 4 is 17.3 Å². The van der Waals surface area contributed by atoms with Crippen molar-refractivity contribution in [2.24, 2.45) is 5.92 Å². The first kappa shape index (κ1) is 16.4. The number of Topliss-reactive ketones (excluding diaryl/α,β-unsaturated/α-hetero) is 2. The van der Waals surface area contributed by atoms with Gasteiger partial charge in [0.2, 0.25) is 6.54 Å². The molecule has 0 heterocycles. The number of nitrogens with zero attached hydrogens (tertiary/aromatic N) is 2. The second kappa shape index (κ2) is 6.69. The lowest BCUT2D eigenvalue weighted by molar-refractivity contribution is -0.484. The van der Waals surface area contributed by atoms with Crippen LogP contribution in [0.5, 0.6) is 0 Å². The van der Waals surface area contributed by atoms with Crippen LogP contribution in [0.25, 0.3) is 0 Å². The summed E-state index contributed by atoms with van der Waals surface area (Å²) in [6.07, 6.45) is 0. The zero-order valence-electron chi connectivity index (χ0n) is 11.5. The normalized spacial score (nSPS) is 12.0. The fraction of sp³-hybridized carbons (Fsp3) is 0.385. The lowest BCUT2D eigenvalue weighted by atomic mass is 9.80. The zero-order chi connectivity index (χ0) is 16.2. The molecule has 0 radical (unpaired) electrons. The molecule has 0 N–H and O–H groups in total. The van der Waals surface area contributed by atoms with Gasteiger partial charge in [0.1, 0.15) is 11.6 Å². The Morgan fingerprint density at radius 2 is 1.62 bits per heavy atom. The summed E-state index contributed by atoms with van der Waals surface area (Å²) in [5, 5.41) is 21.9. The van der Waals surface area contributed by atoms with Gasteiger partial charge in [-0.15, -0.1) is 0 Å². The third-order valence-electron chi connectivity index (χ3n) is 3.16. The van der Waals surface area contributed by atoms with Gasteiger partial charge in [-0.25, -0.2) is 0 Å². The lowest BCUT2D eigenvalue weighted by Crippen LogP contribution is -2.31. The van der Waals surface area contributed by atoms with Gasteiger partial charge in [0, 0.05) is 16.6 Å². The van der Waals surface area contributed by atoms with Gasteiger partial charge in [-0.3, -0.25) is 29.8 Å². The predicted octanol–water partition coefficient (Wildman–Crippen LogP) is 1.75. The van der Waals surface area contributed by atoms with Crippen molar-refractivity contribution in [1.82, 2.24) is 0 Å². The Kier molecular flexibility index (Phi) is 5.23. The minimum Gasteiger partial charge on any atom is -0.299 e. The Bertz CT molecular complexity index is 584. The summed E-state index contributed by atoms with van der Waals surface area (Å²) in [6.45, 7) is 1.57. The summed E-state index contributed by atoms with van der Waals surface area (Å²) in [5.74, 6) is -3.52. The maximum Gasteiger partial charge on any atom is 0.273 e. The van der Waals surface area contributed by atoms with E-state index in [1.165, 1.54) is 24.3 Å². The van der Waals surface area contributed by atoms with Gasteiger partial charge in [-0.1, -0.05) is 18.2 Å². The van der Waals surface area contributed by atoms with E-state index in [1.807, 2.05) is 0 Å². The fourth-order valence-corrected chi connectivity index (χ4v) is 2.36. The van der Waals surface area contributed by atoms with E-state index < -0.39 is 39.8 Å². The monoisotopic (exact) mass is 294 g/mol. The van der Waals surface area contributed by atoms with Crippen molar-refractivity contribution < 1.29 is 19.4 Å². The standard InChI is InChI=1S/C13H14N2O6/c1-8(16)13(9(2)17)11(7-14(18)19)10-5-3-4-6-12(10)15(20)21/h3-6,11,13H,7H2,1-2H3/t11-/m1/s1. The minimum absolute atomic E-state index is 0.0228. The van der Waals surface area contributed by atoms with Crippen LogP contribution in [-0.4, -0.2) is 28.0 Å². The third kappa shape index (κ3) is 3.91. The largest absolute Gasteiger partial charge is 0.299 e. The quantitative estimate of drug-likeness (QED) is 0.429. The molecule has 0 aliphatic carbocycles. The number of benzene rings is 1. The average Bonchev–Trinajstić information content (AvgIpc) is 2.36. The van der Waals surface area contributed by atoms with E-state index in [0.29, 0.717) is 0 Å². The molecule has 1 aromatic carbocycles. The second-order valence-electron chi connectivity index (χ2n) is 4.64. The lowest BCUT2D eigenvalue weighted by Gasteiger charge is -2.20. The molecule has 1 atom stereocenters. The third-order valence-corrected chi connectivity index (χ3v) is 3.16. The van der Waals surface area contributed by atoms with E-state index in [-0.39, 0.29) is 11.3 Å². The van der Waals surface area contributed by atoms with Gasteiger partial charge >= 0.3 is 0 Å². The molecular weight excluding hydrogens is 280 g/mol. The first-order valence-electron chi connectivity index (χ1n) is 6.11. The number of rotatable bonds is 7. The van der Waals surface area contributed by atoms with Crippen molar-refractivity contribution in [2.45, 2.75) is 19.8 Å². The van der Waals surface area contributed by atoms with Crippen LogP contribution < -0.4 is 0 Å². The van der Waals surface area contributed by atoms with E-state index in [1.54, 1.807) is 0 Å². The van der Waals surface area contributed by atoms with E-state index >= 15 is 0 Å². The van der Waals surface area contributed by atoms with Crippen LogP contribution in [0.1, 0.15) is 25.3 Å². The first-order chi connectivity index (χ1) is 9.75. The number of carbonyl (C=O) groups excluding carboxylic acids is 2. The molecular formula is C13H14N2O6. The SMILES string of the molecule is CC(=O)C(C(C)=O)[C@H](C[N+](=O)[O-])c1ccccc1[N+](=O)[O-]. The first-order valence-corrected chi connectivity index (χ1v) is 6.11. The van der Waals surface area contributed by atoms with Gasteiger partial charge < -0.3 is 0 Å². The molecule has 0 aromatic heterocycles. The summed E-state index contributed by atoms with van der Waals surface area (Å²) in [7, 11) is 0. The Morgan fingerprint density at radius 3 is 2.05 bits per heavy atom. The molecule has 0 aliphatic rings. The van der Waals surface area contributed by atoms with Gasteiger partial charge in [-0.2, -0.15) is 0 Å². The summed E-state index contributed by atoms with van der Waals surface area (Å²) >= 11 is 0. The van der Waals surface area contributed by atoms with Crippen molar-refractivity contribution in [3.05, 3.63) is 50.1 Å². The van der Waals surface area contributed by atoms with Crippen LogP contribution in [-0.2, 0) is 9.59 Å². The van der Waals surface area contributed by atoms with Gasteiger partial charge in [0.15, 0.2) is 0 Å². The highest BCUT2D eigenvalue weighted by Gasteiger charge is 2.38. The highest BCUT2D eigenvalue weighted by atomic mass is 16.6. The summed E-state index contributed by atoms with van der Waals surface area (Å²) in [4.78, 5) is 43.8. The Hall–Kier alpha value is -2.64. The van der Waals surface area contributed by atoms with E-state index in [2.05, 4.69) is 0 Å². The van der Waals surface area contributed by atoms with Crippen molar-refractivity contribution in [1.29, 1.82) is 0 Å². The maximum absolute atomic E-state index is 11.6. The summed E-state index contributed by atoms with van der Waals surface area (Å²) < 4.78 is 0. The van der Waals surface area contributed by atoms with Crippen LogP contribution in [0.4, 0.5) is 5.69 Å². The second-order valence-corrected chi connectivity index (χ2v) is 4.64. The molecule has 0 saturated heterocycles. The summed E-state index contributed by atoms with van der Waals surface area (Å²) in [6, 6.07) is 5.43. The molecule has 0 amide bonds. The molecule has 0 fully saturated rings. The number of hydrogen-bond acceptors (Lipinski definition) is 6. The molecule has 21 heavy (non-hydrogen) atoms. The molecule has 0 saturated carbocycles. The van der Waals surface area contributed by atoms with Crippen LogP contribution in [0, 0.1) is 26.1 Å². The van der Waals surface area contributed by atoms with E-state index in [0.717, 1.165) is 13.8 Å². The zero-order valence-corrected chi connectivity index (χ0v) is 11.5. The highest BCUT2D eigenvalue weighted by molar-refractivity contribution is 6.01. The molecule has 1 aromatic rings. The fourth-order valence-electron chi connectivity index (χ4n) is 2.36. The topological polar surface area (TPSA) is 120 Å². The number of hydrogen-bond donors (Lipinski definition) is 0. The van der Waals surface area contributed by atoms with Gasteiger partial charge in [-0.05, 0) is 13.8 Å². The van der Waals surface area contributed by atoms with Crippen molar-refractivity contribution in [2.75, 3.05) is 6.54 Å². The molecule has 0 unspecified atom stereocenters. The number of para-hydroxylation sites is 1. The van der Waals surface area contributed by atoms with Crippen LogP contribution in [0.2, 0.25) is 0 Å². The number of ketones is 2. The molecule has 8 heteroatoms. The number of nitro groups is 2.